The first-order chi connectivity index (χ1) is 7.78. The van der Waals surface area contributed by atoms with Crippen molar-refractivity contribution in [2.75, 3.05) is 19.7 Å². The zero-order valence-electron chi connectivity index (χ0n) is 9.76. The molecule has 0 atom stereocenters. The number of aromatic nitrogens is 2. The Bertz CT molecular complexity index is 335. The lowest BCUT2D eigenvalue weighted by atomic mass is 9.98. The fraction of sp³-hybridized carbons (Fsp3) is 0.667. The third-order valence-corrected chi connectivity index (χ3v) is 3.16. The van der Waals surface area contributed by atoms with Crippen molar-refractivity contribution in [2.45, 2.75) is 26.3 Å². The highest BCUT2D eigenvalue weighted by atomic mass is 16.3. The second-order valence-electron chi connectivity index (χ2n) is 4.55. The van der Waals surface area contributed by atoms with E-state index in [9.17, 15) is 0 Å². The van der Waals surface area contributed by atoms with Gasteiger partial charge in [-0.2, -0.15) is 0 Å². The summed E-state index contributed by atoms with van der Waals surface area (Å²) < 4.78 is 0. The summed E-state index contributed by atoms with van der Waals surface area (Å²) in [5.74, 6) is 0.500. The van der Waals surface area contributed by atoms with Crippen LogP contribution < -0.4 is 0 Å². The number of rotatable bonds is 3. The fourth-order valence-electron chi connectivity index (χ4n) is 2.15. The zero-order chi connectivity index (χ0) is 11.4. The molecule has 88 valence electrons. The number of piperidine rings is 1. The van der Waals surface area contributed by atoms with Gasteiger partial charge in [-0.25, -0.2) is 0 Å². The van der Waals surface area contributed by atoms with Gasteiger partial charge in [-0.3, -0.25) is 14.9 Å². The van der Waals surface area contributed by atoms with E-state index < -0.39 is 0 Å². The maximum atomic E-state index is 9.06. The van der Waals surface area contributed by atoms with Gasteiger partial charge in [0.2, 0.25) is 0 Å². The largest absolute Gasteiger partial charge is 0.396 e. The van der Waals surface area contributed by atoms with Crippen LogP contribution in [0.5, 0.6) is 0 Å². The first-order valence-corrected chi connectivity index (χ1v) is 5.88. The third kappa shape index (κ3) is 3.00. The molecule has 1 aromatic heterocycles. The van der Waals surface area contributed by atoms with Crippen molar-refractivity contribution in [3.8, 4) is 0 Å². The summed E-state index contributed by atoms with van der Waals surface area (Å²) in [6.07, 6.45) is 5.80. The predicted octanol–water partition coefficient (Wildman–Crippen LogP) is 0.989. The van der Waals surface area contributed by atoms with Gasteiger partial charge in [-0.15, -0.1) is 0 Å². The molecule has 1 aromatic rings. The molecule has 1 fully saturated rings. The second kappa shape index (κ2) is 5.37. The summed E-state index contributed by atoms with van der Waals surface area (Å²) in [4.78, 5) is 11.0. The summed E-state index contributed by atoms with van der Waals surface area (Å²) in [6, 6.07) is 0. The van der Waals surface area contributed by atoms with E-state index in [0.717, 1.165) is 43.9 Å². The van der Waals surface area contributed by atoms with E-state index in [2.05, 4.69) is 14.9 Å². The third-order valence-electron chi connectivity index (χ3n) is 3.16. The van der Waals surface area contributed by atoms with Gasteiger partial charge < -0.3 is 5.11 Å². The molecule has 0 amide bonds. The van der Waals surface area contributed by atoms with Gasteiger partial charge in [0.05, 0.1) is 11.4 Å². The molecule has 2 heterocycles. The highest BCUT2D eigenvalue weighted by Crippen LogP contribution is 2.17. The van der Waals surface area contributed by atoms with Crippen LogP contribution in [0.4, 0.5) is 0 Å². The first kappa shape index (κ1) is 11.5. The lowest BCUT2D eigenvalue weighted by Crippen LogP contribution is -2.34. The molecule has 16 heavy (non-hydrogen) atoms. The van der Waals surface area contributed by atoms with Crippen molar-refractivity contribution in [3.63, 3.8) is 0 Å². The smallest absolute Gasteiger partial charge is 0.0730 e. The highest BCUT2D eigenvalue weighted by molar-refractivity contribution is 5.01. The van der Waals surface area contributed by atoms with Crippen LogP contribution in [0.15, 0.2) is 12.4 Å². The van der Waals surface area contributed by atoms with Gasteiger partial charge >= 0.3 is 0 Å². The molecule has 0 bridgehead atoms. The van der Waals surface area contributed by atoms with Crippen LogP contribution in [0.3, 0.4) is 0 Å². The van der Waals surface area contributed by atoms with E-state index in [1.807, 2.05) is 13.1 Å². The Morgan fingerprint density at radius 3 is 2.75 bits per heavy atom. The van der Waals surface area contributed by atoms with Gasteiger partial charge in [0.25, 0.3) is 0 Å². The Hall–Kier alpha value is -1.00. The molecule has 0 saturated carbocycles. The number of aryl methyl sites for hydroxylation is 1. The van der Waals surface area contributed by atoms with Gasteiger partial charge in [-0.1, -0.05) is 0 Å². The number of likely N-dealkylation sites (tertiary alicyclic amines) is 1. The van der Waals surface area contributed by atoms with Crippen LogP contribution in [0, 0.1) is 12.8 Å². The molecule has 1 aliphatic heterocycles. The molecule has 1 aliphatic rings. The Kier molecular flexibility index (Phi) is 3.85. The Morgan fingerprint density at radius 2 is 2.12 bits per heavy atom. The molecule has 1 N–H and O–H groups in total. The average Bonchev–Trinajstić information content (AvgIpc) is 2.30. The number of hydrogen-bond donors (Lipinski definition) is 1. The molecular formula is C12H19N3O. The van der Waals surface area contributed by atoms with Gasteiger partial charge in [0, 0.05) is 25.5 Å². The van der Waals surface area contributed by atoms with E-state index >= 15 is 0 Å². The summed E-state index contributed by atoms with van der Waals surface area (Å²) in [6.45, 7) is 5.29. The quantitative estimate of drug-likeness (QED) is 0.827. The highest BCUT2D eigenvalue weighted by Gasteiger charge is 2.18. The zero-order valence-corrected chi connectivity index (χ0v) is 9.76. The lowest BCUT2D eigenvalue weighted by Gasteiger charge is -2.30. The molecule has 1 saturated heterocycles. The first-order valence-electron chi connectivity index (χ1n) is 5.88. The minimum absolute atomic E-state index is 0.331. The van der Waals surface area contributed by atoms with Gasteiger partial charge in [0.15, 0.2) is 0 Å². The predicted molar refractivity (Wildman–Crippen MR) is 61.9 cm³/mol. The Labute approximate surface area is 96.3 Å². The van der Waals surface area contributed by atoms with Crippen molar-refractivity contribution in [2.24, 2.45) is 5.92 Å². The topological polar surface area (TPSA) is 49.2 Å². The number of aliphatic hydroxyl groups excluding tert-OH is 1. The van der Waals surface area contributed by atoms with Crippen LogP contribution in [0.25, 0.3) is 0 Å². The van der Waals surface area contributed by atoms with E-state index in [1.165, 1.54) is 0 Å². The van der Waals surface area contributed by atoms with Crippen molar-refractivity contribution in [1.29, 1.82) is 0 Å². The van der Waals surface area contributed by atoms with E-state index in [1.54, 1.807) is 6.20 Å². The second-order valence-corrected chi connectivity index (χ2v) is 4.55. The van der Waals surface area contributed by atoms with Crippen LogP contribution in [-0.4, -0.2) is 39.7 Å². The van der Waals surface area contributed by atoms with E-state index in [-0.39, 0.29) is 0 Å². The minimum atomic E-state index is 0.331. The maximum Gasteiger partial charge on any atom is 0.0730 e. The van der Waals surface area contributed by atoms with Gasteiger partial charge in [0.1, 0.15) is 0 Å². The lowest BCUT2D eigenvalue weighted by molar-refractivity contribution is 0.126. The summed E-state index contributed by atoms with van der Waals surface area (Å²) in [5, 5.41) is 9.06. The Balaban J connectivity index is 1.87. The van der Waals surface area contributed by atoms with Crippen LogP contribution >= 0.6 is 0 Å². The molecule has 0 unspecified atom stereocenters. The van der Waals surface area contributed by atoms with Crippen molar-refractivity contribution in [1.82, 2.24) is 14.9 Å². The number of nitrogens with zero attached hydrogens (tertiary/aromatic N) is 3. The molecular weight excluding hydrogens is 202 g/mol. The van der Waals surface area contributed by atoms with Crippen LogP contribution in [0.1, 0.15) is 24.2 Å². The summed E-state index contributed by atoms with van der Waals surface area (Å²) >= 11 is 0. The molecule has 4 heteroatoms. The Morgan fingerprint density at radius 1 is 1.38 bits per heavy atom. The van der Waals surface area contributed by atoms with Crippen LogP contribution in [0.2, 0.25) is 0 Å². The van der Waals surface area contributed by atoms with E-state index in [0.29, 0.717) is 12.5 Å². The standard InChI is InChI=1S/C12H19N3O/c1-10-6-13-7-12(14-10)8-15-4-2-11(9-16)3-5-15/h6-7,11,16H,2-5,8-9H2,1H3. The average molecular weight is 221 g/mol. The van der Waals surface area contributed by atoms with Crippen molar-refractivity contribution in [3.05, 3.63) is 23.8 Å². The molecule has 0 aromatic carbocycles. The molecule has 0 spiro atoms. The minimum Gasteiger partial charge on any atom is -0.396 e. The molecule has 4 nitrogen and oxygen atoms in total. The summed E-state index contributed by atoms with van der Waals surface area (Å²) in [7, 11) is 0. The normalized spacial score (nSPS) is 18.9. The van der Waals surface area contributed by atoms with Crippen LogP contribution in [-0.2, 0) is 6.54 Å². The monoisotopic (exact) mass is 221 g/mol. The maximum absolute atomic E-state index is 9.06. The summed E-state index contributed by atoms with van der Waals surface area (Å²) in [5.41, 5.74) is 2.02. The molecule has 0 radical (unpaired) electrons. The van der Waals surface area contributed by atoms with Crippen molar-refractivity contribution >= 4 is 0 Å². The fourth-order valence-corrected chi connectivity index (χ4v) is 2.15. The molecule has 0 aliphatic carbocycles. The SMILES string of the molecule is Cc1cncc(CN2CCC(CO)CC2)n1. The molecule has 2 rings (SSSR count). The van der Waals surface area contributed by atoms with E-state index in [4.69, 9.17) is 5.11 Å². The number of hydrogen-bond acceptors (Lipinski definition) is 4. The van der Waals surface area contributed by atoms with Gasteiger partial charge in [-0.05, 0) is 38.8 Å². The number of aliphatic hydroxyl groups is 1. The van der Waals surface area contributed by atoms with Crippen molar-refractivity contribution < 1.29 is 5.11 Å².